The summed E-state index contributed by atoms with van der Waals surface area (Å²) in [6, 6.07) is 9.12. The number of hydrogen-bond acceptors (Lipinski definition) is 10. The van der Waals surface area contributed by atoms with Crippen molar-refractivity contribution in [1.29, 1.82) is 0 Å². The zero-order valence-electron chi connectivity index (χ0n) is 17.8. The van der Waals surface area contributed by atoms with Crippen LogP contribution in [-0.4, -0.2) is 61.2 Å². The molecule has 0 unspecified atom stereocenters. The normalized spacial score (nSPS) is 25.2. The molecule has 0 radical (unpaired) electrons. The van der Waals surface area contributed by atoms with Crippen molar-refractivity contribution in [1.82, 2.24) is 0 Å². The number of rotatable bonds is 8. The van der Waals surface area contributed by atoms with E-state index in [2.05, 4.69) is 0 Å². The number of ether oxygens (including phenoxy) is 6. The maximum Gasteiger partial charge on any atom is 0.305 e. The molecule has 5 atom stereocenters. The van der Waals surface area contributed by atoms with Crippen molar-refractivity contribution >= 4 is 23.9 Å². The molecule has 1 fully saturated rings. The number of esters is 4. The van der Waals surface area contributed by atoms with Gasteiger partial charge < -0.3 is 28.4 Å². The van der Waals surface area contributed by atoms with Crippen LogP contribution in [-0.2, 0) is 54.2 Å². The van der Waals surface area contributed by atoms with Gasteiger partial charge in [-0.2, -0.15) is 0 Å². The minimum atomic E-state index is -1.37. The van der Waals surface area contributed by atoms with Crippen molar-refractivity contribution in [3.8, 4) is 0 Å². The van der Waals surface area contributed by atoms with Crippen LogP contribution < -0.4 is 0 Å². The summed E-state index contributed by atoms with van der Waals surface area (Å²) in [7, 11) is 0. The quantitative estimate of drug-likeness (QED) is 0.433. The van der Waals surface area contributed by atoms with Gasteiger partial charge in [-0.05, 0) is 5.56 Å². The van der Waals surface area contributed by atoms with Crippen LogP contribution in [0.1, 0.15) is 33.3 Å². The zero-order valence-corrected chi connectivity index (χ0v) is 17.8. The minimum Gasteiger partial charge on any atom is -0.463 e. The number of carbonyl (C=O) groups is 4. The van der Waals surface area contributed by atoms with Crippen molar-refractivity contribution in [2.75, 3.05) is 6.61 Å². The third-order valence-corrected chi connectivity index (χ3v) is 4.21. The van der Waals surface area contributed by atoms with Gasteiger partial charge in [0.15, 0.2) is 12.2 Å². The monoisotopic (exact) mass is 438 g/mol. The second-order valence-corrected chi connectivity index (χ2v) is 6.86. The fourth-order valence-corrected chi connectivity index (χ4v) is 3.08. The Bertz CT molecular complexity index is 778. The van der Waals surface area contributed by atoms with Crippen LogP contribution >= 0.6 is 0 Å². The van der Waals surface area contributed by atoms with E-state index in [1.807, 2.05) is 30.3 Å². The molecule has 0 N–H and O–H groups in total. The predicted octanol–water partition coefficient (Wildman–Crippen LogP) is 1.29. The first-order valence-electron chi connectivity index (χ1n) is 9.63. The van der Waals surface area contributed by atoms with Gasteiger partial charge in [0.1, 0.15) is 18.8 Å². The molecule has 0 spiro atoms. The molecule has 0 aliphatic carbocycles. The van der Waals surface area contributed by atoms with Crippen molar-refractivity contribution in [3.05, 3.63) is 35.9 Å². The van der Waals surface area contributed by atoms with Gasteiger partial charge in [-0.25, -0.2) is 0 Å². The summed E-state index contributed by atoms with van der Waals surface area (Å²) in [6.07, 6.45) is -5.83. The van der Waals surface area contributed by atoms with Gasteiger partial charge in [-0.3, -0.25) is 19.2 Å². The van der Waals surface area contributed by atoms with Gasteiger partial charge in [0.25, 0.3) is 0 Å². The van der Waals surface area contributed by atoms with E-state index >= 15 is 0 Å². The molecule has 0 amide bonds. The smallest absolute Gasteiger partial charge is 0.305 e. The topological polar surface area (TPSA) is 124 Å². The first-order valence-corrected chi connectivity index (χ1v) is 9.63. The predicted molar refractivity (Wildman–Crippen MR) is 103 cm³/mol. The van der Waals surface area contributed by atoms with Crippen LogP contribution in [0.4, 0.5) is 0 Å². The molecule has 10 heteroatoms. The molecular weight excluding hydrogens is 412 g/mol. The molecule has 1 aromatic carbocycles. The Morgan fingerprint density at radius 1 is 0.774 bits per heavy atom. The van der Waals surface area contributed by atoms with Gasteiger partial charge in [-0.15, -0.1) is 0 Å². The second kappa shape index (κ2) is 11.4. The fraction of sp³-hybridized carbons (Fsp3) is 0.524. The fourth-order valence-electron chi connectivity index (χ4n) is 3.08. The lowest BCUT2D eigenvalue weighted by molar-refractivity contribution is -0.305. The van der Waals surface area contributed by atoms with Gasteiger partial charge in [0, 0.05) is 27.7 Å². The number of benzene rings is 1. The molecule has 1 aliphatic rings. The molecule has 0 saturated carbocycles. The maximum absolute atomic E-state index is 11.8. The lowest BCUT2D eigenvalue weighted by Gasteiger charge is -2.44. The van der Waals surface area contributed by atoms with E-state index in [0.29, 0.717) is 0 Å². The largest absolute Gasteiger partial charge is 0.463 e. The van der Waals surface area contributed by atoms with E-state index in [4.69, 9.17) is 28.4 Å². The van der Waals surface area contributed by atoms with E-state index in [9.17, 15) is 19.2 Å². The summed E-state index contributed by atoms with van der Waals surface area (Å²) in [5.41, 5.74) is 0.803. The Labute approximate surface area is 179 Å². The average molecular weight is 438 g/mol. The first kappa shape index (κ1) is 24.3. The highest BCUT2D eigenvalue weighted by Crippen LogP contribution is 2.30. The van der Waals surface area contributed by atoms with E-state index in [1.54, 1.807) is 0 Å². The van der Waals surface area contributed by atoms with Gasteiger partial charge in [-0.1, -0.05) is 30.3 Å². The Kier molecular flexibility index (Phi) is 8.95. The molecule has 1 saturated heterocycles. The Hall–Kier alpha value is -2.98. The lowest BCUT2D eigenvalue weighted by Crippen LogP contribution is -2.62. The molecule has 10 nitrogen and oxygen atoms in total. The van der Waals surface area contributed by atoms with Gasteiger partial charge in [0.05, 0.1) is 6.61 Å². The Morgan fingerprint density at radius 2 is 1.35 bits per heavy atom. The van der Waals surface area contributed by atoms with Crippen LogP contribution in [0.3, 0.4) is 0 Å². The standard InChI is InChI=1S/C21H26O10/c1-12(22)26-11-17-18(28-13(2)23)19(27-10-16-8-6-5-7-9-16)20(29-14(3)24)21(31-17)30-15(4)25/h5-9,17-21H,10-11H2,1-4H3/t17-,18+,19-,20+,21+/m0/s1. The van der Waals surface area contributed by atoms with E-state index in [1.165, 1.54) is 20.8 Å². The Balaban J connectivity index is 2.38. The summed E-state index contributed by atoms with van der Waals surface area (Å²) in [5.74, 6) is -2.61. The SMILES string of the molecule is CC(=O)OC[C@@H]1O[C@@H](OC(C)=O)[C@H](OC(C)=O)[C@@H](OCc2ccccc2)[C@@H]1OC(C)=O. The summed E-state index contributed by atoms with van der Waals surface area (Å²) in [6.45, 7) is 4.50. The highest BCUT2D eigenvalue weighted by atomic mass is 16.7. The molecule has 1 aliphatic heterocycles. The highest BCUT2D eigenvalue weighted by Gasteiger charge is 2.52. The van der Waals surface area contributed by atoms with Gasteiger partial charge >= 0.3 is 23.9 Å². The van der Waals surface area contributed by atoms with Crippen LogP contribution in [0.5, 0.6) is 0 Å². The molecule has 2 rings (SSSR count). The third kappa shape index (κ3) is 7.65. The Morgan fingerprint density at radius 3 is 1.90 bits per heavy atom. The summed E-state index contributed by atoms with van der Waals surface area (Å²) in [5, 5.41) is 0. The average Bonchev–Trinajstić information content (AvgIpc) is 2.67. The molecule has 0 aromatic heterocycles. The molecule has 1 aromatic rings. The highest BCUT2D eigenvalue weighted by molar-refractivity contribution is 5.68. The molecular formula is C21H26O10. The first-order chi connectivity index (χ1) is 14.7. The molecule has 170 valence electrons. The van der Waals surface area contributed by atoms with Crippen molar-refractivity contribution in [2.24, 2.45) is 0 Å². The molecule has 31 heavy (non-hydrogen) atoms. The van der Waals surface area contributed by atoms with Crippen molar-refractivity contribution in [2.45, 2.75) is 65.0 Å². The molecule has 1 heterocycles. The third-order valence-electron chi connectivity index (χ3n) is 4.21. The van der Waals surface area contributed by atoms with Crippen LogP contribution in [0.15, 0.2) is 30.3 Å². The van der Waals surface area contributed by atoms with Crippen LogP contribution in [0, 0.1) is 0 Å². The molecule has 0 bridgehead atoms. The van der Waals surface area contributed by atoms with Crippen molar-refractivity contribution in [3.63, 3.8) is 0 Å². The summed E-state index contributed by atoms with van der Waals surface area (Å²) < 4.78 is 32.6. The van der Waals surface area contributed by atoms with Crippen LogP contribution in [0.2, 0.25) is 0 Å². The zero-order chi connectivity index (χ0) is 23.0. The van der Waals surface area contributed by atoms with Crippen molar-refractivity contribution < 1.29 is 47.6 Å². The summed E-state index contributed by atoms with van der Waals surface area (Å²) in [4.78, 5) is 46.4. The number of carbonyl (C=O) groups excluding carboxylic acids is 4. The summed E-state index contributed by atoms with van der Waals surface area (Å²) >= 11 is 0. The maximum atomic E-state index is 11.8. The van der Waals surface area contributed by atoms with Crippen LogP contribution in [0.25, 0.3) is 0 Å². The lowest BCUT2D eigenvalue weighted by atomic mass is 9.98. The van der Waals surface area contributed by atoms with E-state index in [-0.39, 0.29) is 13.2 Å². The van der Waals surface area contributed by atoms with E-state index < -0.39 is 54.6 Å². The second-order valence-electron chi connectivity index (χ2n) is 6.86. The minimum absolute atomic E-state index is 0.0775. The van der Waals surface area contributed by atoms with E-state index in [0.717, 1.165) is 12.5 Å². The van der Waals surface area contributed by atoms with Gasteiger partial charge in [0.2, 0.25) is 6.29 Å². The number of hydrogen-bond donors (Lipinski definition) is 0.